The first kappa shape index (κ1) is 18.0. The lowest BCUT2D eigenvalue weighted by Gasteiger charge is -2.31. The van der Waals surface area contributed by atoms with E-state index < -0.39 is 17.4 Å². The van der Waals surface area contributed by atoms with Crippen LogP contribution in [-0.4, -0.2) is 24.1 Å². The number of hydrogen-bond donors (Lipinski definition) is 0. The first-order valence-corrected chi connectivity index (χ1v) is 9.09. The summed E-state index contributed by atoms with van der Waals surface area (Å²) in [5.74, 6) is -0.907. The molecule has 0 bridgehead atoms. The molecule has 0 N–H and O–H groups in total. The highest BCUT2D eigenvalue weighted by Crippen LogP contribution is 2.31. The van der Waals surface area contributed by atoms with Gasteiger partial charge in [0.1, 0.15) is 12.2 Å². The maximum absolute atomic E-state index is 12.6. The fourth-order valence-electron chi connectivity index (χ4n) is 3.47. The fourth-order valence-corrected chi connectivity index (χ4v) is 3.47. The van der Waals surface area contributed by atoms with Gasteiger partial charge in [-0.05, 0) is 64.7 Å². The van der Waals surface area contributed by atoms with Gasteiger partial charge in [-0.25, -0.2) is 0 Å². The number of allylic oxidation sites excluding steroid dienone is 1. The Balaban J connectivity index is 1.98. The Bertz CT molecular complexity index is 385. The molecule has 2 aliphatic carbocycles. The Hall–Kier alpha value is -1.32. The molecule has 4 nitrogen and oxygen atoms in total. The van der Waals surface area contributed by atoms with Crippen molar-refractivity contribution < 1.29 is 19.1 Å². The molecule has 0 heterocycles. The van der Waals surface area contributed by atoms with Gasteiger partial charge in [0.15, 0.2) is 5.41 Å². The van der Waals surface area contributed by atoms with Gasteiger partial charge in [-0.3, -0.25) is 9.59 Å². The van der Waals surface area contributed by atoms with Gasteiger partial charge < -0.3 is 9.47 Å². The maximum atomic E-state index is 12.6. The standard InChI is InChI=1S/C19H30O4/c1-3-14-19(2,17(20)22-15-10-6-4-7-11-15)18(21)23-16-12-8-5-9-13-16/h3,15-16H,1,4-14H2,2H3. The molecule has 130 valence electrons. The highest BCUT2D eigenvalue weighted by atomic mass is 16.6. The second-order valence-electron chi connectivity index (χ2n) is 7.16. The van der Waals surface area contributed by atoms with E-state index in [0.29, 0.717) is 0 Å². The van der Waals surface area contributed by atoms with Crippen LogP contribution in [0.15, 0.2) is 12.7 Å². The van der Waals surface area contributed by atoms with E-state index in [-0.39, 0.29) is 18.6 Å². The Morgan fingerprint density at radius 3 is 1.65 bits per heavy atom. The zero-order valence-corrected chi connectivity index (χ0v) is 14.4. The summed E-state index contributed by atoms with van der Waals surface area (Å²) in [4.78, 5) is 25.3. The van der Waals surface area contributed by atoms with Crippen LogP contribution in [0.4, 0.5) is 0 Å². The molecule has 0 saturated heterocycles. The number of rotatable bonds is 6. The van der Waals surface area contributed by atoms with Crippen molar-refractivity contribution in [3.05, 3.63) is 12.7 Å². The first-order valence-electron chi connectivity index (χ1n) is 9.09. The quantitative estimate of drug-likeness (QED) is 0.415. The Morgan fingerprint density at radius 2 is 1.30 bits per heavy atom. The molecule has 0 unspecified atom stereocenters. The third kappa shape index (κ3) is 4.82. The number of ether oxygens (including phenoxy) is 2. The molecule has 0 atom stereocenters. The van der Waals surface area contributed by atoms with Crippen molar-refractivity contribution in [2.45, 2.75) is 89.8 Å². The van der Waals surface area contributed by atoms with Crippen LogP contribution in [0.2, 0.25) is 0 Å². The normalized spacial score (nSPS) is 20.7. The van der Waals surface area contributed by atoms with E-state index in [2.05, 4.69) is 6.58 Å². The van der Waals surface area contributed by atoms with Crippen molar-refractivity contribution in [2.75, 3.05) is 0 Å². The molecule has 0 spiro atoms. The predicted octanol–water partition coefficient (Wildman–Crippen LogP) is 4.32. The highest BCUT2D eigenvalue weighted by molar-refractivity contribution is 5.99. The SMILES string of the molecule is C=CCC(C)(C(=O)OC1CCCCC1)C(=O)OC1CCCCC1. The van der Waals surface area contributed by atoms with E-state index in [9.17, 15) is 9.59 Å². The molecule has 0 amide bonds. The number of hydrogen-bond acceptors (Lipinski definition) is 4. The van der Waals surface area contributed by atoms with Gasteiger partial charge in [-0.2, -0.15) is 0 Å². The van der Waals surface area contributed by atoms with Gasteiger partial charge in [0.05, 0.1) is 0 Å². The van der Waals surface area contributed by atoms with Gasteiger partial charge >= 0.3 is 11.9 Å². The average Bonchev–Trinajstić information content (AvgIpc) is 2.56. The minimum atomic E-state index is -1.27. The summed E-state index contributed by atoms with van der Waals surface area (Å²) in [5.41, 5.74) is -1.27. The lowest BCUT2D eigenvalue weighted by atomic mass is 9.86. The van der Waals surface area contributed by atoms with Gasteiger partial charge in [-0.15, -0.1) is 6.58 Å². The summed E-state index contributed by atoms with van der Waals surface area (Å²) in [6.07, 6.45) is 12.1. The fraction of sp³-hybridized carbons (Fsp3) is 0.789. The van der Waals surface area contributed by atoms with E-state index >= 15 is 0 Å². The molecule has 0 radical (unpaired) electrons. The van der Waals surface area contributed by atoms with E-state index in [0.717, 1.165) is 51.4 Å². The van der Waals surface area contributed by atoms with Gasteiger partial charge in [0.25, 0.3) is 0 Å². The molecule has 0 aliphatic heterocycles. The number of carbonyl (C=O) groups is 2. The summed E-state index contributed by atoms with van der Waals surface area (Å²) < 4.78 is 11.3. The van der Waals surface area contributed by atoms with Crippen LogP contribution in [-0.2, 0) is 19.1 Å². The van der Waals surface area contributed by atoms with Crippen LogP contribution < -0.4 is 0 Å². The van der Waals surface area contributed by atoms with Crippen molar-refractivity contribution in [2.24, 2.45) is 5.41 Å². The molecule has 0 aromatic carbocycles. The molecule has 0 aromatic rings. The van der Waals surface area contributed by atoms with Crippen molar-refractivity contribution in [3.8, 4) is 0 Å². The number of esters is 2. The second-order valence-corrected chi connectivity index (χ2v) is 7.16. The Morgan fingerprint density at radius 1 is 0.913 bits per heavy atom. The van der Waals surface area contributed by atoms with Gasteiger partial charge in [-0.1, -0.05) is 18.9 Å². The van der Waals surface area contributed by atoms with Crippen LogP contribution in [0.1, 0.15) is 77.6 Å². The molecule has 2 aliphatic rings. The van der Waals surface area contributed by atoms with E-state index in [1.807, 2.05) is 0 Å². The van der Waals surface area contributed by atoms with Crippen LogP contribution in [0.3, 0.4) is 0 Å². The molecule has 2 rings (SSSR count). The first-order chi connectivity index (χ1) is 11.1. The molecule has 0 aromatic heterocycles. The largest absolute Gasteiger partial charge is 0.462 e. The highest BCUT2D eigenvalue weighted by Gasteiger charge is 2.45. The third-order valence-corrected chi connectivity index (χ3v) is 5.11. The van der Waals surface area contributed by atoms with Crippen molar-refractivity contribution in [1.82, 2.24) is 0 Å². The minimum absolute atomic E-state index is 0.0529. The molecule has 4 heteroatoms. The Labute approximate surface area is 139 Å². The lowest BCUT2D eigenvalue weighted by molar-refractivity contribution is -0.178. The zero-order chi connectivity index (χ0) is 16.7. The van der Waals surface area contributed by atoms with E-state index in [1.54, 1.807) is 13.0 Å². The summed E-state index contributed by atoms with van der Waals surface area (Å²) >= 11 is 0. The van der Waals surface area contributed by atoms with Crippen molar-refractivity contribution in [1.29, 1.82) is 0 Å². The monoisotopic (exact) mass is 322 g/mol. The molecule has 2 fully saturated rings. The molecular formula is C19H30O4. The van der Waals surface area contributed by atoms with Crippen molar-refractivity contribution in [3.63, 3.8) is 0 Å². The lowest BCUT2D eigenvalue weighted by Crippen LogP contribution is -2.42. The predicted molar refractivity (Wildman–Crippen MR) is 88.9 cm³/mol. The molecular weight excluding hydrogens is 292 g/mol. The minimum Gasteiger partial charge on any atom is -0.462 e. The maximum Gasteiger partial charge on any atom is 0.323 e. The molecule has 2 saturated carbocycles. The van der Waals surface area contributed by atoms with Crippen molar-refractivity contribution >= 4 is 11.9 Å². The van der Waals surface area contributed by atoms with Gasteiger partial charge in [0, 0.05) is 0 Å². The second kappa shape index (κ2) is 8.51. The zero-order valence-electron chi connectivity index (χ0n) is 14.4. The van der Waals surface area contributed by atoms with Gasteiger partial charge in [0.2, 0.25) is 0 Å². The van der Waals surface area contributed by atoms with Crippen LogP contribution in [0, 0.1) is 5.41 Å². The van der Waals surface area contributed by atoms with Crippen LogP contribution in [0.25, 0.3) is 0 Å². The summed E-state index contributed by atoms with van der Waals surface area (Å²) in [6, 6.07) is 0. The van der Waals surface area contributed by atoms with E-state index in [4.69, 9.17) is 9.47 Å². The van der Waals surface area contributed by atoms with Crippen LogP contribution in [0.5, 0.6) is 0 Å². The van der Waals surface area contributed by atoms with Crippen LogP contribution >= 0.6 is 0 Å². The Kier molecular flexibility index (Phi) is 6.67. The summed E-state index contributed by atoms with van der Waals surface area (Å²) in [5, 5.41) is 0. The summed E-state index contributed by atoms with van der Waals surface area (Å²) in [7, 11) is 0. The number of carbonyl (C=O) groups excluding carboxylic acids is 2. The topological polar surface area (TPSA) is 52.6 Å². The molecule has 23 heavy (non-hydrogen) atoms. The van der Waals surface area contributed by atoms with E-state index in [1.165, 1.54) is 12.8 Å². The smallest absolute Gasteiger partial charge is 0.323 e. The summed E-state index contributed by atoms with van der Waals surface area (Å²) in [6.45, 7) is 5.32. The average molecular weight is 322 g/mol. The third-order valence-electron chi connectivity index (χ3n) is 5.11.